The van der Waals surface area contributed by atoms with Crippen molar-refractivity contribution in [2.24, 2.45) is 0 Å². The zero-order chi connectivity index (χ0) is 14.4. The molecule has 1 aromatic rings. The van der Waals surface area contributed by atoms with Gasteiger partial charge in [-0.15, -0.1) is 0 Å². The summed E-state index contributed by atoms with van der Waals surface area (Å²) in [4.78, 5) is 11.8. The normalized spacial score (nSPS) is 15.4. The zero-order valence-electron chi connectivity index (χ0n) is 11.5. The minimum atomic E-state index is 0.0195. The maximum Gasteiger partial charge on any atom is 0.224 e. The van der Waals surface area contributed by atoms with Crippen LogP contribution in [0.1, 0.15) is 38.5 Å². The van der Waals surface area contributed by atoms with Crippen LogP contribution < -0.4 is 11.1 Å². The number of benzene rings is 1. The van der Waals surface area contributed by atoms with E-state index < -0.39 is 0 Å². The molecule has 0 heterocycles. The van der Waals surface area contributed by atoms with Gasteiger partial charge in [-0.25, -0.2) is 0 Å². The fourth-order valence-electron chi connectivity index (χ4n) is 2.40. The van der Waals surface area contributed by atoms with Crippen molar-refractivity contribution in [1.82, 2.24) is 0 Å². The summed E-state index contributed by atoms with van der Waals surface area (Å²) in [5, 5.41) is 4.24. The van der Waals surface area contributed by atoms with Gasteiger partial charge >= 0.3 is 0 Å². The number of carbonyl (C=O) groups excluding carboxylic acids is 1. The minimum absolute atomic E-state index is 0.0195. The van der Waals surface area contributed by atoms with Crippen LogP contribution in [-0.2, 0) is 4.79 Å². The second kappa shape index (κ2) is 7.79. The van der Waals surface area contributed by atoms with E-state index in [0.29, 0.717) is 22.8 Å². The highest BCUT2D eigenvalue weighted by Gasteiger charge is 2.15. The molecule has 20 heavy (non-hydrogen) atoms. The highest BCUT2D eigenvalue weighted by Crippen LogP contribution is 2.30. The summed E-state index contributed by atoms with van der Waals surface area (Å²) in [5.74, 6) is 1.08. The number of thioether (sulfide) groups is 1. The maximum atomic E-state index is 11.8. The van der Waals surface area contributed by atoms with Crippen molar-refractivity contribution in [3.63, 3.8) is 0 Å². The van der Waals surface area contributed by atoms with Gasteiger partial charge in [-0.1, -0.05) is 24.4 Å². The van der Waals surface area contributed by atoms with Gasteiger partial charge in [0, 0.05) is 16.7 Å². The van der Waals surface area contributed by atoms with Crippen LogP contribution in [0.2, 0.25) is 5.02 Å². The summed E-state index contributed by atoms with van der Waals surface area (Å²) < 4.78 is 0. The lowest BCUT2D eigenvalue weighted by atomic mass is 10.2. The van der Waals surface area contributed by atoms with Crippen LogP contribution in [0.15, 0.2) is 18.2 Å². The van der Waals surface area contributed by atoms with Gasteiger partial charge in [-0.3, -0.25) is 4.79 Å². The highest BCUT2D eigenvalue weighted by atomic mass is 35.5. The summed E-state index contributed by atoms with van der Waals surface area (Å²) in [6, 6.07) is 5.11. The fourth-order valence-corrected chi connectivity index (χ4v) is 3.89. The van der Waals surface area contributed by atoms with E-state index in [1.807, 2.05) is 11.8 Å². The molecule has 0 radical (unpaired) electrons. The van der Waals surface area contributed by atoms with Gasteiger partial charge in [0.05, 0.1) is 11.4 Å². The van der Waals surface area contributed by atoms with E-state index in [1.54, 1.807) is 18.2 Å². The SMILES string of the molecule is Nc1cc(Cl)ccc1NC(=O)CCCSC1CCCC1. The number of hydrogen-bond donors (Lipinski definition) is 2. The van der Waals surface area contributed by atoms with E-state index in [2.05, 4.69) is 5.32 Å². The first-order chi connectivity index (χ1) is 9.65. The summed E-state index contributed by atoms with van der Waals surface area (Å²) >= 11 is 7.84. The van der Waals surface area contributed by atoms with Crippen LogP contribution in [0, 0.1) is 0 Å². The van der Waals surface area contributed by atoms with Crippen molar-refractivity contribution in [1.29, 1.82) is 0 Å². The molecule has 0 atom stereocenters. The van der Waals surface area contributed by atoms with E-state index in [4.69, 9.17) is 17.3 Å². The maximum absolute atomic E-state index is 11.8. The lowest BCUT2D eigenvalue weighted by Gasteiger charge is -2.10. The largest absolute Gasteiger partial charge is 0.397 e. The van der Waals surface area contributed by atoms with E-state index in [1.165, 1.54) is 25.7 Å². The molecule has 0 aromatic heterocycles. The molecule has 1 aliphatic carbocycles. The Bertz CT molecular complexity index is 461. The van der Waals surface area contributed by atoms with Crippen LogP contribution in [0.25, 0.3) is 0 Å². The number of anilines is 2. The average Bonchev–Trinajstić information content (AvgIpc) is 2.91. The van der Waals surface area contributed by atoms with Gasteiger partial charge in [-0.2, -0.15) is 11.8 Å². The smallest absolute Gasteiger partial charge is 0.224 e. The predicted molar refractivity (Wildman–Crippen MR) is 88.4 cm³/mol. The molecule has 1 aromatic carbocycles. The second-order valence-corrected chi connectivity index (χ2v) is 7.01. The molecule has 0 aliphatic heterocycles. The lowest BCUT2D eigenvalue weighted by Crippen LogP contribution is -2.13. The topological polar surface area (TPSA) is 55.1 Å². The Balaban J connectivity index is 1.67. The molecule has 0 spiro atoms. The molecule has 1 fully saturated rings. The van der Waals surface area contributed by atoms with Crippen LogP contribution in [0.5, 0.6) is 0 Å². The third-order valence-corrected chi connectivity index (χ3v) is 5.19. The predicted octanol–water partition coefficient (Wildman–Crippen LogP) is 4.32. The van der Waals surface area contributed by atoms with E-state index in [0.717, 1.165) is 17.4 Å². The monoisotopic (exact) mass is 312 g/mol. The number of halogens is 1. The number of amides is 1. The van der Waals surface area contributed by atoms with E-state index >= 15 is 0 Å². The summed E-state index contributed by atoms with van der Waals surface area (Å²) in [6.45, 7) is 0. The standard InChI is InChI=1S/C15H21ClN2OS/c16-11-7-8-14(13(17)10-11)18-15(19)6-3-9-20-12-4-1-2-5-12/h7-8,10,12H,1-6,9,17H2,(H,18,19). The molecule has 0 unspecified atom stereocenters. The molecule has 0 bridgehead atoms. The number of nitrogen functional groups attached to an aromatic ring is 1. The van der Waals surface area contributed by atoms with Crippen molar-refractivity contribution in [3.8, 4) is 0 Å². The number of rotatable bonds is 6. The summed E-state index contributed by atoms with van der Waals surface area (Å²) in [6.07, 6.45) is 6.89. The molecule has 2 rings (SSSR count). The Labute approximate surface area is 129 Å². The zero-order valence-corrected chi connectivity index (χ0v) is 13.1. The number of carbonyl (C=O) groups is 1. The van der Waals surface area contributed by atoms with Crippen molar-refractivity contribution in [3.05, 3.63) is 23.2 Å². The lowest BCUT2D eigenvalue weighted by molar-refractivity contribution is -0.116. The van der Waals surface area contributed by atoms with Crippen molar-refractivity contribution < 1.29 is 4.79 Å². The molecule has 3 N–H and O–H groups in total. The molecule has 1 saturated carbocycles. The Kier molecular flexibility index (Phi) is 6.05. The third kappa shape index (κ3) is 4.91. The highest BCUT2D eigenvalue weighted by molar-refractivity contribution is 7.99. The molecule has 3 nitrogen and oxygen atoms in total. The number of nitrogens with one attached hydrogen (secondary N) is 1. The first-order valence-corrected chi connectivity index (χ1v) is 8.54. The van der Waals surface area contributed by atoms with Crippen LogP contribution in [0.3, 0.4) is 0 Å². The Morgan fingerprint density at radius 2 is 2.15 bits per heavy atom. The van der Waals surface area contributed by atoms with Crippen molar-refractivity contribution in [2.75, 3.05) is 16.8 Å². The first kappa shape index (κ1) is 15.5. The average molecular weight is 313 g/mol. The second-order valence-electron chi connectivity index (χ2n) is 5.16. The molecule has 1 aliphatic rings. The minimum Gasteiger partial charge on any atom is -0.397 e. The van der Waals surface area contributed by atoms with Crippen LogP contribution in [0.4, 0.5) is 11.4 Å². The van der Waals surface area contributed by atoms with Crippen molar-refractivity contribution in [2.45, 2.75) is 43.8 Å². The van der Waals surface area contributed by atoms with E-state index in [-0.39, 0.29) is 5.91 Å². The Morgan fingerprint density at radius 1 is 1.40 bits per heavy atom. The van der Waals surface area contributed by atoms with Crippen molar-refractivity contribution >= 4 is 40.6 Å². The van der Waals surface area contributed by atoms with Gasteiger partial charge in [0.1, 0.15) is 0 Å². The van der Waals surface area contributed by atoms with Gasteiger partial charge in [-0.05, 0) is 43.2 Å². The number of nitrogens with two attached hydrogens (primary N) is 1. The molecular weight excluding hydrogens is 292 g/mol. The molecule has 110 valence electrons. The number of hydrogen-bond acceptors (Lipinski definition) is 3. The van der Waals surface area contributed by atoms with Crippen LogP contribution in [-0.4, -0.2) is 16.9 Å². The first-order valence-electron chi connectivity index (χ1n) is 7.11. The Hall–Kier alpha value is -0.870. The molecule has 0 saturated heterocycles. The Morgan fingerprint density at radius 3 is 2.85 bits per heavy atom. The summed E-state index contributed by atoms with van der Waals surface area (Å²) in [7, 11) is 0. The van der Waals surface area contributed by atoms with Crippen LogP contribution >= 0.6 is 23.4 Å². The van der Waals surface area contributed by atoms with Gasteiger partial charge in [0.15, 0.2) is 0 Å². The van der Waals surface area contributed by atoms with Gasteiger partial charge < -0.3 is 11.1 Å². The molecule has 5 heteroatoms. The van der Waals surface area contributed by atoms with Gasteiger partial charge in [0.2, 0.25) is 5.91 Å². The summed E-state index contributed by atoms with van der Waals surface area (Å²) in [5.41, 5.74) is 6.95. The fraction of sp³-hybridized carbons (Fsp3) is 0.533. The van der Waals surface area contributed by atoms with E-state index in [9.17, 15) is 4.79 Å². The third-order valence-electron chi connectivity index (χ3n) is 3.49. The quantitative estimate of drug-likeness (QED) is 0.607. The molecule has 1 amide bonds. The van der Waals surface area contributed by atoms with Gasteiger partial charge in [0.25, 0.3) is 0 Å². The molecular formula is C15H21ClN2OS.